The molecule has 1 aromatic heterocycles. The van der Waals surface area contributed by atoms with Gasteiger partial charge in [-0.05, 0) is 29.3 Å². The van der Waals surface area contributed by atoms with Gasteiger partial charge in [0.2, 0.25) is 0 Å². The van der Waals surface area contributed by atoms with Gasteiger partial charge in [0.25, 0.3) is 5.91 Å². The molecule has 0 saturated carbocycles. The maximum absolute atomic E-state index is 13.0. The van der Waals surface area contributed by atoms with Crippen molar-refractivity contribution in [3.05, 3.63) is 84.1 Å². The number of H-pyrrole nitrogens is 1. The zero-order valence-electron chi connectivity index (χ0n) is 15.8. The summed E-state index contributed by atoms with van der Waals surface area (Å²) >= 11 is 0. The lowest BCUT2D eigenvalue weighted by Gasteiger charge is -2.19. The van der Waals surface area contributed by atoms with Gasteiger partial charge in [0.15, 0.2) is 0 Å². The smallest absolute Gasteiger partial charge is 0.254 e. The number of rotatable bonds is 5. The Bertz CT molecular complexity index is 1120. The van der Waals surface area contributed by atoms with Gasteiger partial charge in [-0.15, -0.1) is 0 Å². The first-order chi connectivity index (χ1) is 13.7. The van der Waals surface area contributed by atoms with Crippen molar-refractivity contribution in [3.63, 3.8) is 0 Å². The van der Waals surface area contributed by atoms with E-state index in [1.54, 1.807) is 31.3 Å². The lowest BCUT2D eigenvalue weighted by atomic mass is 10.0. The number of hydrogen-bond acceptors (Lipinski definition) is 3. The Morgan fingerprint density at radius 1 is 1.07 bits per heavy atom. The SMILES string of the molecule is COc1cc(C(=O)N(C)Cc2cccc3cn[nH]c23)ccc1-c1ccccc1. The summed E-state index contributed by atoms with van der Waals surface area (Å²) in [6.07, 6.45) is 1.79. The van der Waals surface area contributed by atoms with Crippen molar-refractivity contribution in [2.45, 2.75) is 6.54 Å². The molecule has 140 valence electrons. The quantitative estimate of drug-likeness (QED) is 0.561. The van der Waals surface area contributed by atoms with E-state index in [-0.39, 0.29) is 5.91 Å². The second-order valence-electron chi connectivity index (χ2n) is 6.69. The van der Waals surface area contributed by atoms with Crippen LogP contribution < -0.4 is 4.74 Å². The highest BCUT2D eigenvalue weighted by Crippen LogP contribution is 2.31. The van der Waals surface area contributed by atoms with Gasteiger partial charge in [-0.1, -0.05) is 48.5 Å². The van der Waals surface area contributed by atoms with Gasteiger partial charge in [0.05, 0.1) is 18.8 Å². The largest absolute Gasteiger partial charge is 0.496 e. The Morgan fingerprint density at radius 3 is 2.68 bits per heavy atom. The molecule has 4 rings (SSSR count). The van der Waals surface area contributed by atoms with Gasteiger partial charge in [-0.25, -0.2) is 0 Å². The number of carbonyl (C=O) groups is 1. The van der Waals surface area contributed by atoms with Crippen molar-refractivity contribution in [2.75, 3.05) is 14.2 Å². The number of para-hydroxylation sites is 1. The first kappa shape index (κ1) is 17.8. The fourth-order valence-electron chi connectivity index (χ4n) is 3.39. The van der Waals surface area contributed by atoms with Crippen LogP contribution in [0.4, 0.5) is 0 Å². The minimum Gasteiger partial charge on any atom is -0.496 e. The molecule has 28 heavy (non-hydrogen) atoms. The molecule has 0 aliphatic heterocycles. The fourth-order valence-corrected chi connectivity index (χ4v) is 3.39. The van der Waals surface area contributed by atoms with Crippen molar-refractivity contribution in [2.24, 2.45) is 0 Å². The molecular weight excluding hydrogens is 350 g/mol. The van der Waals surface area contributed by atoms with Crippen molar-refractivity contribution in [3.8, 4) is 16.9 Å². The highest BCUT2D eigenvalue weighted by molar-refractivity contribution is 5.95. The molecule has 0 spiro atoms. The number of carbonyl (C=O) groups excluding carboxylic acids is 1. The van der Waals surface area contributed by atoms with Crippen LogP contribution in [0.5, 0.6) is 5.75 Å². The minimum absolute atomic E-state index is 0.0607. The predicted molar refractivity (Wildman–Crippen MR) is 110 cm³/mol. The van der Waals surface area contributed by atoms with Crippen LogP contribution in [0, 0.1) is 0 Å². The van der Waals surface area contributed by atoms with Crippen molar-refractivity contribution in [1.29, 1.82) is 0 Å². The van der Waals surface area contributed by atoms with E-state index in [1.807, 2.05) is 60.7 Å². The average molecular weight is 371 g/mol. The number of amides is 1. The number of nitrogens with one attached hydrogen (secondary N) is 1. The van der Waals surface area contributed by atoms with E-state index in [9.17, 15) is 4.79 Å². The first-order valence-corrected chi connectivity index (χ1v) is 9.07. The van der Waals surface area contributed by atoms with Crippen LogP contribution in [0.3, 0.4) is 0 Å². The molecule has 1 heterocycles. The topological polar surface area (TPSA) is 58.2 Å². The number of ether oxygens (including phenoxy) is 1. The molecule has 0 unspecified atom stereocenters. The van der Waals surface area contributed by atoms with Crippen LogP contribution >= 0.6 is 0 Å². The molecule has 0 saturated heterocycles. The van der Waals surface area contributed by atoms with Crippen LogP contribution in [0.15, 0.2) is 72.9 Å². The molecule has 0 aliphatic rings. The molecule has 3 aromatic carbocycles. The number of benzene rings is 3. The minimum atomic E-state index is -0.0607. The van der Waals surface area contributed by atoms with Gasteiger partial charge in [0, 0.05) is 30.1 Å². The molecule has 0 atom stereocenters. The maximum atomic E-state index is 13.0. The second-order valence-corrected chi connectivity index (χ2v) is 6.69. The standard InChI is InChI=1S/C23H21N3O2/c1-26(15-19-10-6-9-18-14-24-25-22(18)19)23(27)17-11-12-20(21(13-17)28-2)16-7-4-3-5-8-16/h3-14H,15H2,1-2H3,(H,24,25). The van der Waals surface area contributed by atoms with E-state index in [0.29, 0.717) is 17.9 Å². The van der Waals surface area contributed by atoms with Crippen LogP contribution in [0.2, 0.25) is 0 Å². The van der Waals surface area contributed by atoms with E-state index in [4.69, 9.17) is 4.74 Å². The van der Waals surface area contributed by atoms with E-state index in [0.717, 1.165) is 27.6 Å². The summed E-state index contributed by atoms with van der Waals surface area (Å²) in [4.78, 5) is 14.7. The lowest BCUT2D eigenvalue weighted by Crippen LogP contribution is -2.26. The summed E-state index contributed by atoms with van der Waals surface area (Å²) in [5.74, 6) is 0.621. The van der Waals surface area contributed by atoms with Crippen LogP contribution in [0.1, 0.15) is 15.9 Å². The second kappa shape index (κ2) is 7.56. The summed E-state index contributed by atoms with van der Waals surface area (Å²) in [5.41, 5.74) is 4.59. The van der Waals surface area contributed by atoms with E-state index in [1.165, 1.54) is 0 Å². The molecule has 0 radical (unpaired) electrons. The van der Waals surface area contributed by atoms with Crippen LogP contribution in [-0.2, 0) is 6.54 Å². The zero-order chi connectivity index (χ0) is 19.5. The van der Waals surface area contributed by atoms with Crippen molar-refractivity contribution in [1.82, 2.24) is 15.1 Å². The zero-order valence-corrected chi connectivity index (χ0v) is 15.8. The van der Waals surface area contributed by atoms with Crippen LogP contribution in [-0.4, -0.2) is 35.2 Å². The molecule has 5 nitrogen and oxygen atoms in total. The number of aromatic amines is 1. The Kier molecular flexibility index (Phi) is 4.81. The number of methoxy groups -OCH3 is 1. The maximum Gasteiger partial charge on any atom is 0.254 e. The summed E-state index contributed by atoms with van der Waals surface area (Å²) in [7, 11) is 3.42. The number of hydrogen-bond donors (Lipinski definition) is 1. The highest BCUT2D eigenvalue weighted by atomic mass is 16.5. The molecule has 1 amide bonds. The molecule has 1 N–H and O–H groups in total. The Morgan fingerprint density at radius 2 is 1.89 bits per heavy atom. The molecule has 4 aromatic rings. The molecular formula is C23H21N3O2. The van der Waals surface area contributed by atoms with Crippen molar-refractivity contribution < 1.29 is 9.53 Å². The predicted octanol–water partition coefficient (Wildman–Crippen LogP) is 4.51. The third-order valence-electron chi connectivity index (χ3n) is 4.85. The third-order valence-corrected chi connectivity index (χ3v) is 4.85. The third kappa shape index (κ3) is 3.34. The van der Waals surface area contributed by atoms with E-state index in [2.05, 4.69) is 10.2 Å². The van der Waals surface area contributed by atoms with Gasteiger partial charge in [0.1, 0.15) is 5.75 Å². The summed E-state index contributed by atoms with van der Waals surface area (Å²) in [6, 6.07) is 21.6. The Balaban J connectivity index is 1.60. The molecule has 0 aliphatic carbocycles. The Hall–Kier alpha value is -3.60. The van der Waals surface area contributed by atoms with Crippen molar-refractivity contribution >= 4 is 16.8 Å². The highest BCUT2D eigenvalue weighted by Gasteiger charge is 2.16. The van der Waals surface area contributed by atoms with Gasteiger partial charge in [-0.2, -0.15) is 5.10 Å². The first-order valence-electron chi connectivity index (χ1n) is 9.07. The lowest BCUT2D eigenvalue weighted by molar-refractivity contribution is 0.0785. The fraction of sp³-hybridized carbons (Fsp3) is 0.130. The average Bonchev–Trinajstić information content (AvgIpc) is 3.23. The van der Waals surface area contributed by atoms with E-state index < -0.39 is 0 Å². The molecule has 0 bridgehead atoms. The Labute approximate surface area is 163 Å². The summed E-state index contributed by atoms with van der Waals surface area (Å²) in [6.45, 7) is 0.487. The van der Waals surface area contributed by atoms with Gasteiger partial charge >= 0.3 is 0 Å². The summed E-state index contributed by atoms with van der Waals surface area (Å²) < 4.78 is 5.55. The normalized spacial score (nSPS) is 10.8. The number of nitrogens with zero attached hydrogens (tertiary/aromatic N) is 2. The van der Waals surface area contributed by atoms with Gasteiger partial charge in [-0.3, -0.25) is 9.89 Å². The number of fused-ring (bicyclic) bond motifs is 1. The summed E-state index contributed by atoms with van der Waals surface area (Å²) in [5, 5.41) is 8.13. The monoisotopic (exact) mass is 371 g/mol. The molecule has 5 heteroatoms. The van der Waals surface area contributed by atoms with E-state index >= 15 is 0 Å². The number of aromatic nitrogens is 2. The van der Waals surface area contributed by atoms with Gasteiger partial charge < -0.3 is 9.64 Å². The molecule has 0 fully saturated rings. The van der Waals surface area contributed by atoms with Crippen LogP contribution in [0.25, 0.3) is 22.0 Å².